The predicted octanol–water partition coefficient (Wildman–Crippen LogP) is 3.51. The number of ether oxygens (including phenoxy) is 1. The van der Waals surface area contributed by atoms with Gasteiger partial charge in [-0.25, -0.2) is 0 Å². The van der Waals surface area contributed by atoms with Crippen LogP contribution >= 0.6 is 11.6 Å². The Morgan fingerprint density at radius 3 is 2.67 bits per heavy atom. The zero-order chi connectivity index (χ0) is 13.7. The molecule has 0 N–H and O–H groups in total. The molecule has 1 aromatic rings. The number of hydrogen-bond donors (Lipinski definition) is 0. The fourth-order valence-corrected chi connectivity index (χ4v) is 2.09. The van der Waals surface area contributed by atoms with Crippen molar-refractivity contribution < 1.29 is 9.53 Å². The van der Waals surface area contributed by atoms with Gasteiger partial charge in [0.1, 0.15) is 11.8 Å². The molecule has 0 saturated carbocycles. The van der Waals surface area contributed by atoms with Gasteiger partial charge in [-0.3, -0.25) is 9.48 Å². The van der Waals surface area contributed by atoms with Crippen molar-refractivity contribution in [3.8, 4) is 0 Å². The van der Waals surface area contributed by atoms with Crippen molar-refractivity contribution in [3.63, 3.8) is 0 Å². The number of aromatic nitrogens is 2. The van der Waals surface area contributed by atoms with Crippen LogP contribution in [0.5, 0.6) is 0 Å². The highest BCUT2D eigenvalue weighted by atomic mass is 35.5. The minimum atomic E-state index is -0.424. The fraction of sp³-hybridized carbons (Fsp3) is 0.692. The summed E-state index contributed by atoms with van der Waals surface area (Å²) in [5.41, 5.74) is 0.457. The summed E-state index contributed by atoms with van der Waals surface area (Å²) in [6.45, 7) is 8.37. The van der Waals surface area contributed by atoms with Crippen LogP contribution in [-0.4, -0.2) is 28.3 Å². The molecule has 0 spiro atoms. The second-order valence-corrected chi connectivity index (χ2v) is 4.88. The number of Topliss-reactive ketones (excluding diaryl/α,β-unsaturated/α-hetero) is 1. The quantitative estimate of drug-likeness (QED) is 0.714. The van der Waals surface area contributed by atoms with Crippen molar-refractivity contribution in [2.75, 3.05) is 6.61 Å². The normalized spacial score (nSPS) is 13.0. The molecule has 0 bridgehead atoms. The Labute approximate surface area is 113 Å². The maximum Gasteiger partial charge on any atom is 0.211 e. The largest absolute Gasteiger partial charge is 0.370 e. The summed E-state index contributed by atoms with van der Waals surface area (Å²) in [6, 6.07) is 0.0975. The van der Waals surface area contributed by atoms with Crippen molar-refractivity contribution in [1.29, 1.82) is 0 Å². The molecule has 0 aliphatic carbocycles. The zero-order valence-electron chi connectivity index (χ0n) is 11.4. The molecule has 0 aromatic carbocycles. The minimum absolute atomic E-state index is 0.0742. The highest BCUT2D eigenvalue weighted by Gasteiger charge is 2.26. The molecule has 0 saturated heterocycles. The Hall–Kier alpha value is -0.870. The maximum atomic E-state index is 12.5. The van der Waals surface area contributed by atoms with E-state index in [-0.39, 0.29) is 11.8 Å². The van der Waals surface area contributed by atoms with Crippen molar-refractivity contribution in [3.05, 3.63) is 16.9 Å². The van der Waals surface area contributed by atoms with Crippen molar-refractivity contribution in [2.45, 2.75) is 52.7 Å². The number of halogens is 1. The van der Waals surface area contributed by atoms with Gasteiger partial charge in [0.25, 0.3) is 0 Å². The van der Waals surface area contributed by atoms with Gasteiger partial charge in [-0.15, -0.1) is 0 Å². The first-order valence-corrected chi connectivity index (χ1v) is 6.79. The molecule has 18 heavy (non-hydrogen) atoms. The summed E-state index contributed by atoms with van der Waals surface area (Å²) >= 11 is 6.07. The average molecular weight is 273 g/mol. The van der Waals surface area contributed by atoms with Gasteiger partial charge in [-0.1, -0.05) is 24.9 Å². The summed E-state index contributed by atoms with van der Waals surface area (Å²) in [4.78, 5) is 12.5. The van der Waals surface area contributed by atoms with Gasteiger partial charge in [0.15, 0.2) is 0 Å². The Morgan fingerprint density at radius 1 is 1.50 bits per heavy atom. The first-order chi connectivity index (χ1) is 8.52. The van der Waals surface area contributed by atoms with Crippen LogP contribution in [0.15, 0.2) is 6.20 Å². The van der Waals surface area contributed by atoms with E-state index in [2.05, 4.69) is 5.10 Å². The van der Waals surface area contributed by atoms with E-state index in [0.29, 0.717) is 23.7 Å². The Kier molecular flexibility index (Phi) is 5.82. The molecule has 0 aliphatic rings. The van der Waals surface area contributed by atoms with Gasteiger partial charge < -0.3 is 4.74 Å². The average Bonchev–Trinajstić information content (AvgIpc) is 2.70. The lowest BCUT2D eigenvalue weighted by Crippen LogP contribution is -2.27. The molecule has 5 heteroatoms. The van der Waals surface area contributed by atoms with E-state index in [9.17, 15) is 4.79 Å². The smallest absolute Gasteiger partial charge is 0.211 e. The molecule has 102 valence electrons. The molecule has 1 unspecified atom stereocenters. The second-order valence-electron chi connectivity index (χ2n) is 4.48. The highest BCUT2D eigenvalue weighted by Crippen LogP contribution is 2.22. The number of rotatable bonds is 7. The van der Waals surface area contributed by atoms with E-state index in [0.717, 1.165) is 6.42 Å². The molecule has 1 atom stereocenters. The Morgan fingerprint density at radius 2 is 2.17 bits per heavy atom. The van der Waals surface area contributed by atoms with E-state index >= 15 is 0 Å². The summed E-state index contributed by atoms with van der Waals surface area (Å²) in [5, 5.41) is 4.54. The van der Waals surface area contributed by atoms with Gasteiger partial charge in [0.05, 0.1) is 11.2 Å². The highest BCUT2D eigenvalue weighted by molar-refractivity contribution is 6.33. The van der Waals surface area contributed by atoms with Crippen LogP contribution in [0, 0.1) is 0 Å². The standard InChI is InChI=1S/C13H21ClN2O2/c1-5-7-11(18-6-2)13(17)12-10(14)8-15-16(12)9(3)4/h8-9,11H,5-7H2,1-4H3. The summed E-state index contributed by atoms with van der Waals surface area (Å²) < 4.78 is 7.17. The third-order valence-electron chi connectivity index (χ3n) is 2.68. The molecule has 4 nitrogen and oxygen atoms in total. The third-order valence-corrected chi connectivity index (χ3v) is 2.96. The Bertz CT molecular complexity index is 396. The molecule has 1 rings (SSSR count). The fourth-order valence-electron chi connectivity index (χ4n) is 1.87. The number of ketones is 1. The topological polar surface area (TPSA) is 44.1 Å². The third kappa shape index (κ3) is 3.33. The molecular weight excluding hydrogens is 252 g/mol. The van der Waals surface area contributed by atoms with Crippen molar-refractivity contribution in [2.24, 2.45) is 0 Å². The van der Waals surface area contributed by atoms with E-state index in [4.69, 9.17) is 16.3 Å². The Balaban J connectivity index is 3.03. The number of nitrogens with zero attached hydrogens (tertiary/aromatic N) is 2. The van der Waals surface area contributed by atoms with Crippen LogP contribution in [-0.2, 0) is 4.74 Å². The van der Waals surface area contributed by atoms with Gasteiger partial charge >= 0.3 is 0 Å². The number of carbonyl (C=O) groups excluding carboxylic acids is 1. The predicted molar refractivity (Wildman–Crippen MR) is 72.3 cm³/mol. The molecule has 0 fully saturated rings. The van der Waals surface area contributed by atoms with Crippen LogP contribution in [0.4, 0.5) is 0 Å². The molecule has 0 aliphatic heterocycles. The van der Waals surface area contributed by atoms with Crippen LogP contribution in [0.3, 0.4) is 0 Å². The van der Waals surface area contributed by atoms with Gasteiger partial charge in [-0.2, -0.15) is 5.10 Å². The van der Waals surface area contributed by atoms with Crippen LogP contribution in [0.2, 0.25) is 5.02 Å². The van der Waals surface area contributed by atoms with Crippen LogP contribution in [0.25, 0.3) is 0 Å². The molecule has 0 radical (unpaired) electrons. The molecule has 0 amide bonds. The summed E-state index contributed by atoms with van der Waals surface area (Å²) in [5.74, 6) is -0.0742. The van der Waals surface area contributed by atoms with E-state index in [1.807, 2.05) is 27.7 Å². The van der Waals surface area contributed by atoms with Crippen LogP contribution < -0.4 is 0 Å². The SMILES string of the molecule is CCCC(OCC)C(=O)c1c(Cl)cnn1C(C)C. The summed E-state index contributed by atoms with van der Waals surface area (Å²) in [7, 11) is 0. The molecule has 1 heterocycles. The molecule has 1 aromatic heterocycles. The van der Waals surface area contributed by atoms with Gasteiger partial charge in [0, 0.05) is 12.6 Å². The lowest BCUT2D eigenvalue weighted by Gasteiger charge is -2.17. The lowest BCUT2D eigenvalue weighted by molar-refractivity contribution is 0.0412. The number of hydrogen-bond acceptors (Lipinski definition) is 3. The zero-order valence-corrected chi connectivity index (χ0v) is 12.2. The monoisotopic (exact) mass is 272 g/mol. The second kappa shape index (κ2) is 6.90. The maximum absolute atomic E-state index is 12.5. The van der Waals surface area contributed by atoms with E-state index in [1.165, 1.54) is 6.20 Å². The van der Waals surface area contributed by atoms with Crippen LogP contribution in [0.1, 0.15) is 57.1 Å². The first kappa shape index (κ1) is 15.2. The van der Waals surface area contributed by atoms with Gasteiger partial charge in [-0.05, 0) is 27.2 Å². The summed E-state index contributed by atoms with van der Waals surface area (Å²) in [6.07, 6.45) is 2.69. The first-order valence-electron chi connectivity index (χ1n) is 6.41. The lowest BCUT2D eigenvalue weighted by atomic mass is 10.1. The number of carbonyl (C=O) groups is 1. The van der Waals surface area contributed by atoms with Crippen molar-refractivity contribution >= 4 is 17.4 Å². The van der Waals surface area contributed by atoms with Gasteiger partial charge in [0.2, 0.25) is 5.78 Å². The van der Waals surface area contributed by atoms with Crippen molar-refractivity contribution in [1.82, 2.24) is 9.78 Å². The minimum Gasteiger partial charge on any atom is -0.370 e. The van der Waals surface area contributed by atoms with E-state index < -0.39 is 6.10 Å². The molecular formula is C13H21ClN2O2. The van der Waals surface area contributed by atoms with E-state index in [1.54, 1.807) is 4.68 Å².